The lowest BCUT2D eigenvalue weighted by Crippen LogP contribution is -2.43. The molecule has 0 radical (unpaired) electrons. The molecular formula is C25H29N3O6S. The highest BCUT2D eigenvalue weighted by Gasteiger charge is 2.46. The SMILES string of the molecule is Cc1c(C(O)CN2CCC3(CC2)CC(=O)N(c2ccc(S(C)(=O)=O)cn2)C3)ccc2c1COC2=O. The number of carbonyl (C=O) groups is 2. The second-order valence-electron chi connectivity index (χ2n) is 9.98. The Balaban J connectivity index is 1.21. The van der Waals surface area contributed by atoms with E-state index < -0.39 is 15.9 Å². The fourth-order valence-electron chi connectivity index (χ4n) is 5.47. The number of sulfone groups is 1. The van der Waals surface area contributed by atoms with Crippen LogP contribution in [0.1, 0.15) is 52.4 Å². The fraction of sp³-hybridized carbons (Fsp3) is 0.480. The summed E-state index contributed by atoms with van der Waals surface area (Å²) < 4.78 is 28.5. The van der Waals surface area contributed by atoms with E-state index in [1.165, 1.54) is 12.3 Å². The molecule has 4 heterocycles. The minimum absolute atomic E-state index is 0.00335. The number of aromatic nitrogens is 1. The molecule has 10 heteroatoms. The number of amides is 1. The van der Waals surface area contributed by atoms with Crippen molar-refractivity contribution in [3.05, 3.63) is 52.7 Å². The number of cyclic esters (lactones) is 1. The van der Waals surface area contributed by atoms with Crippen molar-refractivity contribution in [2.24, 2.45) is 5.41 Å². The highest BCUT2D eigenvalue weighted by Crippen LogP contribution is 2.42. The van der Waals surface area contributed by atoms with Crippen LogP contribution in [0.4, 0.5) is 5.82 Å². The third-order valence-corrected chi connectivity index (χ3v) is 8.76. The van der Waals surface area contributed by atoms with Gasteiger partial charge in [0.25, 0.3) is 0 Å². The van der Waals surface area contributed by atoms with Gasteiger partial charge in [0.15, 0.2) is 9.84 Å². The number of aliphatic hydroxyl groups is 1. The molecule has 1 atom stereocenters. The van der Waals surface area contributed by atoms with Crippen LogP contribution in [0, 0.1) is 12.3 Å². The maximum absolute atomic E-state index is 12.8. The zero-order valence-corrected chi connectivity index (χ0v) is 20.7. The van der Waals surface area contributed by atoms with Crippen LogP contribution < -0.4 is 4.90 Å². The fourth-order valence-corrected chi connectivity index (χ4v) is 6.03. The summed E-state index contributed by atoms with van der Waals surface area (Å²) in [4.78, 5) is 32.8. The Morgan fingerprint density at radius 1 is 1.17 bits per heavy atom. The van der Waals surface area contributed by atoms with Gasteiger partial charge >= 0.3 is 5.97 Å². The largest absolute Gasteiger partial charge is 0.457 e. The van der Waals surface area contributed by atoms with E-state index in [9.17, 15) is 23.1 Å². The third kappa shape index (κ3) is 4.46. The number of carbonyl (C=O) groups excluding carboxylic acids is 2. The quantitative estimate of drug-likeness (QED) is 0.621. The smallest absolute Gasteiger partial charge is 0.338 e. The highest BCUT2D eigenvalue weighted by atomic mass is 32.2. The second-order valence-corrected chi connectivity index (χ2v) is 12.0. The molecule has 0 aliphatic carbocycles. The monoisotopic (exact) mass is 499 g/mol. The summed E-state index contributed by atoms with van der Waals surface area (Å²) in [5.41, 5.74) is 3.01. The van der Waals surface area contributed by atoms with Gasteiger partial charge in [0.1, 0.15) is 12.4 Å². The first-order valence-corrected chi connectivity index (χ1v) is 13.6. The van der Waals surface area contributed by atoms with Crippen molar-refractivity contribution in [1.82, 2.24) is 9.88 Å². The van der Waals surface area contributed by atoms with Gasteiger partial charge < -0.3 is 14.7 Å². The van der Waals surface area contributed by atoms with Gasteiger partial charge in [-0.15, -0.1) is 0 Å². The van der Waals surface area contributed by atoms with Gasteiger partial charge in [-0.25, -0.2) is 18.2 Å². The van der Waals surface area contributed by atoms with Crippen LogP contribution in [0.15, 0.2) is 35.4 Å². The lowest BCUT2D eigenvalue weighted by molar-refractivity contribution is -0.118. The van der Waals surface area contributed by atoms with Crippen molar-refractivity contribution in [2.75, 3.05) is 37.3 Å². The predicted octanol–water partition coefficient (Wildman–Crippen LogP) is 2.02. The van der Waals surface area contributed by atoms with Crippen LogP contribution in [0.2, 0.25) is 0 Å². The standard InChI is InChI=1S/C25H29N3O6S/c1-16-18(4-5-19-20(16)14-34-24(19)31)21(29)13-27-9-7-25(8-10-27)11-23(30)28(15-25)22-6-3-17(12-26-22)35(2,32)33/h3-6,12,21,29H,7-11,13-15H2,1-2H3. The Morgan fingerprint density at radius 2 is 1.91 bits per heavy atom. The van der Waals surface area contributed by atoms with Crippen molar-refractivity contribution in [1.29, 1.82) is 0 Å². The van der Waals surface area contributed by atoms with E-state index in [2.05, 4.69) is 9.88 Å². The number of β-amino-alcohol motifs (C(OH)–C–C–N with tert-alkyl or cyclic N) is 1. The van der Waals surface area contributed by atoms with Crippen LogP contribution in [0.25, 0.3) is 0 Å². The van der Waals surface area contributed by atoms with Crippen molar-refractivity contribution < 1.29 is 27.9 Å². The van der Waals surface area contributed by atoms with E-state index in [0.29, 0.717) is 30.9 Å². The highest BCUT2D eigenvalue weighted by molar-refractivity contribution is 7.90. The molecule has 1 amide bonds. The molecule has 2 aromatic rings. The summed E-state index contributed by atoms with van der Waals surface area (Å²) in [7, 11) is -3.34. The zero-order chi connectivity index (χ0) is 25.0. The number of esters is 1. The molecule has 186 valence electrons. The number of fused-ring (bicyclic) bond motifs is 1. The Kier molecular flexibility index (Phi) is 5.93. The zero-order valence-electron chi connectivity index (χ0n) is 19.9. The number of likely N-dealkylation sites (tertiary alicyclic amines) is 1. The number of rotatable bonds is 5. The summed E-state index contributed by atoms with van der Waals surface area (Å²) in [5.74, 6) is 0.169. The molecule has 9 nitrogen and oxygen atoms in total. The molecule has 2 fully saturated rings. The first-order valence-electron chi connectivity index (χ1n) is 11.7. The first-order chi connectivity index (χ1) is 16.6. The molecule has 0 bridgehead atoms. The van der Waals surface area contributed by atoms with Crippen LogP contribution in [0.5, 0.6) is 0 Å². The molecule has 1 aromatic carbocycles. The van der Waals surface area contributed by atoms with Gasteiger partial charge in [-0.05, 0) is 67.6 Å². The van der Waals surface area contributed by atoms with E-state index in [4.69, 9.17) is 4.74 Å². The molecule has 5 rings (SSSR count). The van der Waals surface area contributed by atoms with Crippen molar-refractivity contribution in [3.63, 3.8) is 0 Å². The predicted molar refractivity (Wildman–Crippen MR) is 128 cm³/mol. The van der Waals surface area contributed by atoms with Gasteiger partial charge in [0, 0.05) is 37.5 Å². The molecule has 35 heavy (non-hydrogen) atoms. The first kappa shape index (κ1) is 23.9. The average molecular weight is 500 g/mol. The summed E-state index contributed by atoms with van der Waals surface area (Å²) in [5, 5.41) is 10.9. The average Bonchev–Trinajstić information content (AvgIpc) is 3.35. The molecule has 1 aromatic heterocycles. The third-order valence-electron chi connectivity index (χ3n) is 7.66. The van der Waals surface area contributed by atoms with Crippen LogP contribution in [0.3, 0.4) is 0 Å². The summed E-state index contributed by atoms with van der Waals surface area (Å²) in [6.07, 6.45) is 3.85. The topological polar surface area (TPSA) is 117 Å². The molecule has 1 unspecified atom stereocenters. The molecule has 1 N–H and O–H groups in total. The Bertz CT molecular complexity index is 1280. The Morgan fingerprint density at radius 3 is 2.57 bits per heavy atom. The summed E-state index contributed by atoms with van der Waals surface area (Å²) >= 11 is 0. The lowest BCUT2D eigenvalue weighted by Gasteiger charge is -2.39. The van der Waals surface area contributed by atoms with Crippen LogP contribution in [-0.4, -0.2) is 67.7 Å². The second kappa shape index (κ2) is 8.69. The number of ether oxygens (including phenoxy) is 1. The Hall–Kier alpha value is -2.82. The van der Waals surface area contributed by atoms with Gasteiger partial charge in [0.2, 0.25) is 5.91 Å². The van der Waals surface area contributed by atoms with E-state index in [-0.39, 0.29) is 28.8 Å². The van der Waals surface area contributed by atoms with Crippen molar-refractivity contribution >= 4 is 27.5 Å². The number of aliphatic hydroxyl groups excluding tert-OH is 1. The Labute approximate surface area is 204 Å². The molecule has 3 aliphatic rings. The van der Waals surface area contributed by atoms with Crippen LogP contribution in [-0.2, 0) is 26.0 Å². The van der Waals surface area contributed by atoms with E-state index in [1.807, 2.05) is 13.0 Å². The van der Waals surface area contributed by atoms with Crippen molar-refractivity contribution in [3.8, 4) is 0 Å². The van der Waals surface area contributed by atoms with Gasteiger partial charge in [-0.2, -0.15) is 0 Å². The lowest BCUT2D eigenvalue weighted by atomic mass is 9.77. The van der Waals surface area contributed by atoms with E-state index >= 15 is 0 Å². The number of benzene rings is 1. The normalized spacial score (nSPS) is 20.8. The van der Waals surface area contributed by atoms with Crippen LogP contribution >= 0.6 is 0 Å². The van der Waals surface area contributed by atoms with E-state index in [0.717, 1.165) is 48.9 Å². The molecule has 3 aliphatic heterocycles. The maximum atomic E-state index is 12.8. The minimum Gasteiger partial charge on any atom is -0.457 e. The number of piperidine rings is 1. The number of hydrogen-bond acceptors (Lipinski definition) is 8. The molecule has 1 spiro atoms. The maximum Gasteiger partial charge on any atom is 0.338 e. The van der Waals surface area contributed by atoms with Crippen molar-refractivity contribution in [2.45, 2.75) is 43.8 Å². The summed E-state index contributed by atoms with van der Waals surface area (Å²) in [6, 6.07) is 6.63. The molecule has 2 saturated heterocycles. The molecule has 0 saturated carbocycles. The van der Waals surface area contributed by atoms with E-state index in [1.54, 1.807) is 17.0 Å². The minimum atomic E-state index is -3.34. The van der Waals surface area contributed by atoms with Gasteiger partial charge in [-0.1, -0.05) is 6.07 Å². The molecular weight excluding hydrogens is 470 g/mol. The number of anilines is 1. The number of hydrogen-bond donors (Lipinski definition) is 1. The summed E-state index contributed by atoms with van der Waals surface area (Å²) in [6.45, 7) is 4.75. The number of nitrogens with zero attached hydrogens (tertiary/aromatic N) is 3. The van der Waals surface area contributed by atoms with Gasteiger partial charge in [0.05, 0.1) is 16.6 Å². The number of pyridine rings is 1. The van der Waals surface area contributed by atoms with Gasteiger partial charge in [-0.3, -0.25) is 9.69 Å².